The minimum absolute atomic E-state index is 0.137. The van der Waals surface area contributed by atoms with Gasteiger partial charge >= 0.3 is 0 Å². The maximum atomic E-state index is 12.2. The highest BCUT2D eigenvalue weighted by Crippen LogP contribution is 2.45. The number of carbonyl (C=O) groups is 1. The molecule has 0 aromatic heterocycles. The highest BCUT2D eigenvalue weighted by molar-refractivity contribution is 5.85. The molecular formula is C16H24N2O. The molecule has 1 aromatic rings. The molecule has 2 N–H and O–H groups in total. The summed E-state index contributed by atoms with van der Waals surface area (Å²) in [5.41, 5.74) is 4.92. The maximum Gasteiger partial charge on any atom is 0.227 e. The molecule has 1 amide bonds. The van der Waals surface area contributed by atoms with Crippen LogP contribution in [0, 0.1) is 26.2 Å². The van der Waals surface area contributed by atoms with Crippen molar-refractivity contribution in [2.24, 2.45) is 5.41 Å². The zero-order valence-electron chi connectivity index (χ0n) is 12.4. The Morgan fingerprint density at radius 3 is 2.37 bits per heavy atom. The summed E-state index contributed by atoms with van der Waals surface area (Å²) < 4.78 is 0. The highest BCUT2D eigenvalue weighted by Gasteiger charge is 2.48. The highest BCUT2D eigenvalue weighted by atomic mass is 16.2. The molecule has 1 aliphatic rings. The first kappa shape index (κ1) is 14.1. The van der Waals surface area contributed by atoms with Crippen molar-refractivity contribution in [3.05, 3.63) is 34.4 Å². The molecule has 0 bridgehead atoms. The SMILES string of the molecule is CNCC1(C(=O)NCc2cc(C)c(C)cc2C)CC1. The smallest absolute Gasteiger partial charge is 0.227 e. The van der Waals surface area contributed by atoms with Crippen molar-refractivity contribution in [2.75, 3.05) is 13.6 Å². The summed E-state index contributed by atoms with van der Waals surface area (Å²) in [6.07, 6.45) is 2.01. The molecule has 0 radical (unpaired) electrons. The first-order valence-electron chi connectivity index (χ1n) is 6.98. The average Bonchev–Trinajstić information content (AvgIpc) is 3.13. The molecule has 2 rings (SSSR count). The van der Waals surface area contributed by atoms with Crippen molar-refractivity contribution >= 4 is 5.91 Å². The lowest BCUT2D eigenvalue weighted by atomic mass is 10.0. The molecule has 1 fully saturated rings. The first-order valence-corrected chi connectivity index (χ1v) is 6.98. The van der Waals surface area contributed by atoms with Gasteiger partial charge in [-0.15, -0.1) is 0 Å². The van der Waals surface area contributed by atoms with E-state index in [0.29, 0.717) is 6.54 Å². The Labute approximate surface area is 115 Å². The lowest BCUT2D eigenvalue weighted by Gasteiger charge is -2.16. The van der Waals surface area contributed by atoms with Crippen molar-refractivity contribution in [3.8, 4) is 0 Å². The number of hydrogen-bond acceptors (Lipinski definition) is 2. The van der Waals surface area contributed by atoms with Crippen LogP contribution in [0.4, 0.5) is 0 Å². The van der Waals surface area contributed by atoms with Gasteiger partial charge < -0.3 is 10.6 Å². The van der Waals surface area contributed by atoms with Gasteiger partial charge in [0.2, 0.25) is 5.91 Å². The van der Waals surface area contributed by atoms with E-state index in [0.717, 1.165) is 19.4 Å². The third-order valence-electron chi connectivity index (χ3n) is 4.24. The molecule has 0 unspecified atom stereocenters. The van der Waals surface area contributed by atoms with Crippen LogP contribution in [-0.4, -0.2) is 19.5 Å². The number of rotatable bonds is 5. The molecule has 3 nitrogen and oxygen atoms in total. The Balaban J connectivity index is 1.99. The van der Waals surface area contributed by atoms with Crippen molar-refractivity contribution in [1.29, 1.82) is 0 Å². The Bertz CT molecular complexity index is 490. The van der Waals surface area contributed by atoms with E-state index in [4.69, 9.17) is 0 Å². The summed E-state index contributed by atoms with van der Waals surface area (Å²) in [5.74, 6) is 0.194. The number of hydrogen-bond donors (Lipinski definition) is 2. The molecule has 0 atom stereocenters. The molecule has 3 heteroatoms. The molecule has 0 heterocycles. The predicted molar refractivity (Wildman–Crippen MR) is 78.1 cm³/mol. The summed E-state index contributed by atoms with van der Waals surface area (Å²) in [4.78, 5) is 12.2. The van der Waals surface area contributed by atoms with Gasteiger partial charge in [-0.05, 0) is 62.9 Å². The molecule has 0 aliphatic heterocycles. The van der Waals surface area contributed by atoms with Crippen LogP contribution < -0.4 is 10.6 Å². The van der Waals surface area contributed by atoms with Crippen molar-refractivity contribution in [2.45, 2.75) is 40.2 Å². The summed E-state index contributed by atoms with van der Waals surface area (Å²) >= 11 is 0. The van der Waals surface area contributed by atoms with Crippen LogP contribution in [0.15, 0.2) is 12.1 Å². The third kappa shape index (κ3) is 2.98. The third-order valence-corrected chi connectivity index (χ3v) is 4.24. The summed E-state index contributed by atoms with van der Waals surface area (Å²) in [5, 5.41) is 6.21. The number of benzene rings is 1. The molecule has 1 aromatic carbocycles. The van der Waals surface area contributed by atoms with E-state index in [1.54, 1.807) is 0 Å². The van der Waals surface area contributed by atoms with Crippen molar-refractivity contribution in [1.82, 2.24) is 10.6 Å². The van der Waals surface area contributed by atoms with Crippen LogP contribution in [0.3, 0.4) is 0 Å². The Hall–Kier alpha value is -1.35. The van der Waals surface area contributed by atoms with E-state index in [1.807, 2.05) is 7.05 Å². The second-order valence-electron chi connectivity index (χ2n) is 5.86. The minimum atomic E-state index is -0.137. The number of amides is 1. The van der Waals surface area contributed by atoms with Gasteiger partial charge in [0.1, 0.15) is 0 Å². The van der Waals surface area contributed by atoms with Crippen LogP contribution in [0.2, 0.25) is 0 Å². The van der Waals surface area contributed by atoms with E-state index < -0.39 is 0 Å². The predicted octanol–water partition coefficient (Wildman–Crippen LogP) is 2.23. The topological polar surface area (TPSA) is 41.1 Å². The van der Waals surface area contributed by atoms with Gasteiger partial charge in [0.25, 0.3) is 0 Å². The van der Waals surface area contributed by atoms with E-state index in [2.05, 4.69) is 43.5 Å². The quantitative estimate of drug-likeness (QED) is 0.852. The van der Waals surface area contributed by atoms with Crippen LogP contribution in [0.1, 0.15) is 35.1 Å². The molecule has 0 spiro atoms. The largest absolute Gasteiger partial charge is 0.351 e. The Kier molecular flexibility index (Phi) is 3.95. The zero-order chi connectivity index (χ0) is 14.0. The summed E-state index contributed by atoms with van der Waals surface area (Å²) in [6.45, 7) is 7.76. The molecule has 1 saturated carbocycles. The lowest BCUT2D eigenvalue weighted by Crippen LogP contribution is -2.37. The van der Waals surface area contributed by atoms with E-state index >= 15 is 0 Å². The minimum Gasteiger partial charge on any atom is -0.351 e. The monoisotopic (exact) mass is 260 g/mol. The molecule has 1 aliphatic carbocycles. The van der Waals surface area contributed by atoms with E-state index in [9.17, 15) is 4.79 Å². The molecule has 19 heavy (non-hydrogen) atoms. The normalized spacial score (nSPS) is 16.2. The van der Waals surface area contributed by atoms with Gasteiger partial charge in [-0.25, -0.2) is 0 Å². The molecule has 0 saturated heterocycles. The summed E-state index contributed by atoms with van der Waals surface area (Å²) in [6, 6.07) is 4.37. The van der Waals surface area contributed by atoms with Gasteiger partial charge in [-0.3, -0.25) is 4.79 Å². The Morgan fingerprint density at radius 1 is 1.16 bits per heavy atom. The zero-order valence-corrected chi connectivity index (χ0v) is 12.4. The summed E-state index contributed by atoms with van der Waals surface area (Å²) in [7, 11) is 1.90. The van der Waals surface area contributed by atoms with Gasteiger partial charge in [0.15, 0.2) is 0 Å². The van der Waals surface area contributed by atoms with E-state index in [1.165, 1.54) is 22.3 Å². The fourth-order valence-corrected chi connectivity index (χ4v) is 2.55. The molecular weight excluding hydrogens is 236 g/mol. The second-order valence-corrected chi connectivity index (χ2v) is 5.86. The lowest BCUT2D eigenvalue weighted by molar-refractivity contribution is -0.126. The fraction of sp³-hybridized carbons (Fsp3) is 0.562. The molecule has 104 valence electrons. The number of carbonyl (C=O) groups excluding carboxylic acids is 1. The van der Waals surface area contributed by atoms with Crippen LogP contribution in [0.5, 0.6) is 0 Å². The second kappa shape index (κ2) is 5.33. The average molecular weight is 260 g/mol. The van der Waals surface area contributed by atoms with Crippen LogP contribution in [-0.2, 0) is 11.3 Å². The standard InChI is InChI=1S/C16H24N2O/c1-11-7-13(3)14(8-12(11)2)9-18-15(19)16(5-6-16)10-17-4/h7-8,17H,5-6,9-10H2,1-4H3,(H,18,19). The maximum absolute atomic E-state index is 12.2. The van der Waals surface area contributed by atoms with Gasteiger partial charge in [0.05, 0.1) is 5.41 Å². The Morgan fingerprint density at radius 2 is 1.79 bits per heavy atom. The van der Waals surface area contributed by atoms with Crippen LogP contribution in [0.25, 0.3) is 0 Å². The number of nitrogens with one attached hydrogen (secondary N) is 2. The fourth-order valence-electron chi connectivity index (χ4n) is 2.55. The van der Waals surface area contributed by atoms with Gasteiger partial charge in [0, 0.05) is 13.1 Å². The number of aryl methyl sites for hydroxylation is 3. The van der Waals surface area contributed by atoms with Crippen molar-refractivity contribution in [3.63, 3.8) is 0 Å². The van der Waals surface area contributed by atoms with Crippen molar-refractivity contribution < 1.29 is 4.79 Å². The van der Waals surface area contributed by atoms with Crippen LogP contribution >= 0.6 is 0 Å². The first-order chi connectivity index (χ1) is 8.98. The van der Waals surface area contributed by atoms with Gasteiger partial charge in [-0.1, -0.05) is 12.1 Å². The van der Waals surface area contributed by atoms with E-state index in [-0.39, 0.29) is 11.3 Å². The van der Waals surface area contributed by atoms with Gasteiger partial charge in [-0.2, -0.15) is 0 Å².